The molecule has 1 N–H and O–H groups in total. The lowest BCUT2D eigenvalue weighted by atomic mass is 10.0. The van der Waals surface area contributed by atoms with Crippen molar-refractivity contribution in [2.75, 3.05) is 6.61 Å². The van der Waals surface area contributed by atoms with Crippen molar-refractivity contribution in [3.8, 4) is 5.75 Å². The maximum atomic E-state index is 5.67. The van der Waals surface area contributed by atoms with Gasteiger partial charge in [-0.3, -0.25) is 0 Å². The van der Waals surface area contributed by atoms with Crippen LogP contribution in [0.1, 0.15) is 44.7 Å². The van der Waals surface area contributed by atoms with Gasteiger partial charge < -0.3 is 10.1 Å². The van der Waals surface area contributed by atoms with E-state index in [1.165, 1.54) is 24.8 Å². The molecule has 2 unspecified atom stereocenters. The molecule has 2 nitrogen and oxygen atoms in total. The number of benzene rings is 1. The minimum Gasteiger partial charge on any atom is -0.491 e. The Morgan fingerprint density at radius 2 is 2.19 bits per heavy atom. The molecule has 0 amide bonds. The van der Waals surface area contributed by atoms with Gasteiger partial charge in [0, 0.05) is 11.6 Å². The molecule has 1 aromatic carbocycles. The van der Waals surface area contributed by atoms with E-state index in [0.717, 1.165) is 12.4 Å². The zero-order valence-electron chi connectivity index (χ0n) is 10.2. The Morgan fingerprint density at radius 3 is 2.94 bits per heavy atom. The first-order valence-electron chi connectivity index (χ1n) is 6.33. The monoisotopic (exact) mass is 219 g/mol. The van der Waals surface area contributed by atoms with E-state index in [9.17, 15) is 0 Å². The van der Waals surface area contributed by atoms with E-state index < -0.39 is 0 Å². The summed E-state index contributed by atoms with van der Waals surface area (Å²) in [5.74, 6) is 1.05. The normalized spacial score (nSPS) is 20.2. The van der Waals surface area contributed by atoms with Crippen LogP contribution in [0.4, 0.5) is 0 Å². The average molecular weight is 219 g/mol. The van der Waals surface area contributed by atoms with Crippen LogP contribution in [0.5, 0.6) is 5.75 Å². The summed E-state index contributed by atoms with van der Waals surface area (Å²) in [6.07, 6.45) is 3.67. The Balaban J connectivity index is 2.02. The summed E-state index contributed by atoms with van der Waals surface area (Å²) in [6, 6.07) is 9.33. The molecule has 0 aliphatic carbocycles. The molecule has 2 rings (SSSR count). The fourth-order valence-electron chi connectivity index (χ4n) is 2.34. The Kier molecular flexibility index (Phi) is 3.83. The molecule has 0 saturated heterocycles. The van der Waals surface area contributed by atoms with Crippen LogP contribution in [0.2, 0.25) is 0 Å². The fourth-order valence-corrected chi connectivity index (χ4v) is 2.34. The molecular formula is C14H21NO. The van der Waals surface area contributed by atoms with Gasteiger partial charge in [0.05, 0.1) is 6.04 Å². The van der Waals surface area contributed by atoms with Crippen LogP contribution in [0.25, 0.3) is 0 Å². The molecule has 0 aromatic heterocycles. The molecule has 0 bridgehead atoms. The third-order valence-electron chi connectivity index (χ3n) is 3.27. The van der Waals surface area contributed by atoms with Crippen molar-refractivity contribution in [2.24, 2.45) is 0 Å². The first-order chi connectivity index (χ1) is 7.85. The highest BCUT2D eigenvalue weighted by Gasteiger charge is 2.24. The van der Waals surface area contributed by atoms with E-state index in [4.69, 9.17) is 4.74 Å². The summed E-state index contributed by atoms with van der Waals surface area (Å²) in [5, 5.41) is 3.70. The molecule has 0 saturated carbocycles. The second kappa shape index (κ2) is 5.35. The molecule has 0 fully saturated rings. The van der Waals surface area contributed by atoms with Gasteiger partial charge in [0.2, 0.25) is 0 Å². The highest BCUT2D eigenvalue weighted by atomic mass is 16.5. The molecule has 0 spiro atoms. The van der Waals surface area contributed by atoms with Gasteiger partial charge in [-0.25, -0.2) is 0 Å². The third-order valence-corrected chi connectivity index (χ3v) is 3.27. The Bertz CT molecular complexity index is 337. The number of ether oxygens (including phenoxy) is 1. The van der Waals surface area contributed by atoms with E-state index in [1.807, 2.05) is 6.07 Å². The maximum Gasteiger partial charge on any atom is 0.124 e. The minimum atomic E-state index is 0.382. The number of nitrogens with one attached hydrogen (secondary N) is 1. The summed E-state index contributed by atoms with van der Waals surface area (Å²) in [7, 11) is 0. The van der Waals surface area contributed by atoms with Crippen LogP contribution in [0, 0.1) is 0 Å². The summed E-state index contributed by atoms with van der Waals surface area (Å²) < 4.78 is 5.67. The number of para-hydroxylation sites is 1. The molecule has 2 atom stereocenters. The predicted molar refractivity (Wildman–Crippen MR) is 66.8 cm³/mol. The van der Waals surface area contributed by atoms with Gasteiger partial charge in [-0.15, -0.1) is 0 Å². The maximum absolute atomic E-state index is 5.67. The molecular weight excluding hydrogens is 198 g/mol. The number of rotatable bonds is 5. The number of hydrogen-bond donors (Lipinski definition) is 1. The Labute approximate surface area is 98.0 Å². The second-order valence-corrected chi connectivity index (χ2v) is 4.46. The standard InChI is InChI=1S/C14H21NO/c1-3-7-11(4-2)15-13-10-16-14-9-6-5-8-12(13)14/h5-6,8-9,11,13,15H,3-4,7,10H2,1-2H3. The SMILES string of the molecule is CCCC(CC)NC1COc2ccccc21. The third kappa shape index (κ3) is 2.38. The van der Waals surface area contributed by atoms with E-state index >= 15 is 0 Å². The van der Waals surface area contributed by atoms with Crippen molar-refractivity contribution in [3.05, 3.63) is 29.8 Å². The zero-order valence-corrected chi connectivity index (χ0v) is 10.2. The smallest absolute Gasteiger partial charge is 0.124 e. The summed E-state index contributed by atoms with van der Waals surface area (Å²) >= 11 is 0. The van der Waals surface area contributed by atoms with Crippen molar-refractivity contribution in [1.29, 1.82) is 0 Å². The molecule has 16 heavy (non-hydrogen) atoms. The van der Waals surface area contributed by atoms with Crippen LogP contribution < -0.4 is 10.1 Å². The van der Waals surface area contributed by atoms with Crippen molar-refractivity contribution in [2.45, 2.75) is 45.2 Å². The largest absolute Gasteiger partial charge is 0.491 e. The van der Waals surface area contributed by atoms with Crippen molar-refractivity contribution in [3.63, 3.8) is 0 Å². The van der Waals surface area contributed by atoms with Crippen LogP contribution in [0.3, 0.4) is 0 Å². The predicted octanol–water partition coefficient (Wildman–Crippen LogP) is 3.29. The van der Waals surface area contributed by atoms with Gasteiger partial charge in [-0.1, -0.05) is 38.5 Å². The highest BCUT2D eigenvalue weighted by Crippen LogP contribution is 2.32. The van der Waals surface area contributed by atoms with E-state index in [0.29, 0.717) is 12.1 Å². The number of fused-ring (bicyclic) bond motifs is 1. The van der Waals surface area contributed by atoms with Gasteiger partial charge in [0.1, 0.15) is 12.4 Å². The molecule has 1 aliphatic heterocycles. The summed E-state index contributed by atoms with van der Waals surface area (Å²) in [4.78, 5) is 0. The summed E-state index contributed by atoms with van der Waals surface area (Å²) in [6.45, 7) is 5.26. The lowest BCUT2D eigenvalue weighted by Gasteiger charge is -2.20. The van der Waals surface area contributed by atoms with Crippen LogP contribution in [0.15, 0.2) is 24.3 Å². The molecule has 0 radical (unpaired) electrons. The van der Waals surface area contributed by atoms with Crippen LogP contribution in [-0.2, 0) is 0 Å². The number of hydrogen-bond acceptors (Lipinski definition) is 2. The van der Waals surface area contributed by atoms with Crippen molar-refractivity contribution < 1.29 is 4.74 Å². The zero-order chi connectivity index (χ0) is 11.4. The van der Waals surface area contributed by atoms with Gasteiger partial charge >= 0.3 is 0 Å². The Morgan fingerprint density at radius 1 is 1.38 bits per heavy atom. The van der Waals surface area contributed by atoms with Gasteiger partial charge in [0.25, 0.3) is 0 Å². The lowest BCUT2D eigenvalue weighted by Crippen LogP contribution is -2.33. The van der Waals surface area contributed by atoms with Crippen molar-refractivity contribution >= 4 is 0 Å². The van der Waals surface area contributed by atoms with E-state index in [-0.39, 0.29) is 0 Å². The molecule has 1 aliphatic rings. The quantitative estimate of drug-likeness (QED) is 0.820. The lowest BCUT2D eigenvalue weighted by molar-refractivity contribution is 0.290. The van der Waals surface area contributed by atoms with Crippen LogP contribution >= 0.6 is 0 Å². The Hall–Kier alpha value is -1.02. The van der Waals surface area contributed by atoms with E-state index in [1.54, 1.807) is 0 Å². The topological polar surface area (TPSA) is 21.3 Å². The molecule has 1 heterocycles. The van der Waals surface area contributed by atoms with E-state index in [2.05, 4.69) is 37.4 Å². The van der Waals surface area contributed by atoms with Crippen LogP contribution in [-0.4, -0.2) is 12.6 Å². The second-order valence-electron chi connectivity index (χ2n) is 4.46. The van der Waals surface area contributed by atoms with Gasteiger partial charge in [-0.2, -0.15) is 0 Å². The first kappa shape index (κ1) is 11.5. The average Bonchev–Trinajstić information content (AvgIpc) is 2.72. The fraction of sp³-hybridized carbons (Fsp3) is 0.571. The van der Waals surface area contributed by atoms with Crippen molar-refractivity contribution in [1.82, 2.24) is 5.32 Å². The minimum absolute atomic E-state index is 0.382. The van der Waals surface area contributed by atoms with Gasteiger partial charge in [0.15, 0.2) is 0 Å². The first-order valence-corrected chi connectivity index (χ1v) is 6.33. The highest BCUT2D eigenvalue weighted by molar-refractivity contribution is 5.39. The van der Waals surface area contributed by atoms with Gasteiger partial charge in [-0.05, 0) is 18.9 Å². The molecule has 1 aromatic rings. The summed E-state index contributed by atoms with van der Waals surface area (Å²) in [5.41, 5.74) is 1.32. The molecule has 2 heteroatoms. The molecule has 88 valence electrons.